The Kier molecular flexibility index (Phi) is 6.94. The molecule has 2 bridgehead atoms. The molecule has 3 heterocycles. The van der Waals surface area contributed by atoms with Crippen LogP contribution in [0.1, 0.15) is 57.4 Å². The first-order valence-electron chi connectivity index (χ1n) is 15.0. The van der Waals surface area contributed by atoms with E-state index in [4.69, 9.17) is 15.5 Å². The number of nitrogens with zero attached hydrogens (tertiary/aromatic N) is 4. The molecule has 3 atom stereocenters. The lowest BCUT2D eigenvalue weighted by Crippen LogP contribution is -2.44. The van der Waals surface area contributed by atoms with Gasteiger partial charge in [0.05, 0.1) is 5.39 Å². The van der Waals surface area contributed by atoms with Gasteiger partial charge in [0.15, 0.2) is 0 Å². The molecular formula is C33H40N6O. The largest absolute Gasteiger partial charge is 0.457 e. The molecule has 2 aliphatic carbocycles. The minimum absolute atomic E-state index is 0.417. The average Bonchev–Trinajstić information content (AvgIpc) is 3.47. The van der Waals surface area contributed by atoms with Gasteiger partial charge in [0.1, 0.15) is 29.3 Å². The number of likely N-dealkylation sites (tertiary alicyclic amines) is 1. The van der Waals surface area contributed by atoms with Crippen LogP contribution in [0.5, 0.6) is 11.5 Å². The summed E-state index contributed by atoms with van der Waals surface area (Å²) in [4.78, 5) is 11.7. The van der Waals surface area contributed by atoms with Gasteiger partial charge in [-0.25, -0.2) is 9.97 Å². The number of nitrogens with one attached hydrogen (secondary N) is 1. The average molecular weight is 537 g/mol. The molecule has 2 aromatic carbocycles. The molecule has 208 valence electrons. The first kappa shape index (κ1) is 25.5. The van der Waals surface area contributed by atoms with Gasteiger partial charge in [0, 0.05) is 42.5 Å². The molecule has 0 spiro atoms. The molecule has 7 nitrogen and oxygen atoms in total. The van der Waals surface area contributed by atoms with Gasteiger partial charge in [-0.3, -0.25) is 0 Å². The van der Waals surface area contributed by atoms with Gasteiger partial charge in [-0.15, -0.1) is 0 Å². The summed E-state index contributed by atoms with van der Waals surface area (Å²) < 4.78 is 8.38. The Morgan fingerprint density at radius 2 is 1.57 bits per heavy atom. The second-order valence-electron chi connectivity index (χ2n) is 12.2. The van der Waals surface area contributed by atoms with Crippen LogP contribution in [-0.4, -0.2) is 51.2 Å². The van der Waals surface area contributed by atoms with E-state index in [9.17, 15) is 0 Å². The predicted molar refractivity (Wildman–Crippen MR) is 160 cm³/mol. The number of benzene rings is 2. The standard InChI is InChI=1S/C33H40N6O/c1-38-19-22-7-10-25(18-27(38)17-22)37-24-11-13-26(14-12-24)39-20-30(31-32(34)35-21-36-33(31)39)23-8-15-29(16-9-23)40-28-5-3-2-4-6-28/h2-6,8-9,15-16,20-22,24-27,37H,7,10-14,17-19H2,1H3,(H2,34,35,36)/t22?,24-,25?,26+,27?. The number of para-hydroxylation sites is 1. The van der Waals surface area contributed by atoms with Gasteiger partial charge in [-0.2, -0.15) is 0 Å². The van der Waals surface area contributed by atoms with Crippen LogP contribution in [0.3, 0.4) is 0 Å². The summed E-state index contributed by atoms with van der Waals surface area (Å²) in [5.41, 5.74) is 9.55. The van der Waals surface area contributed by atoms with Crippen molar-refractivity contribution in [3.05, 3.63) is 67.1 Å². The maximum absolute atomic E-state index is 6.44. The van der Waals surface area contributed by atoms with E-state index in [0.717, 1.165) is 58.5 Å². The van der Waals surface area contributed by atoms with Crippen molar-refractivity contribution in [1.29, 1.82) is 0 Å². The van der Waals surface area contributed by atoms with Crippen molar-refractivity contribution in [2.75, 3.05) is 19.3 Å². The third-order valence-corrected chi connectivity index (χ3v) is 9.60. The second kappa shape index (κ2) is 10.9. The van der Waals surface area contributed by atoms with Gasteiger partial charge >= 0.3 is 0 Å². The molecule has 3 aliphatic rings. The smallest absolute Gasteiger partial charge is 0.146 e. The Morgan fingerprint density at radius 3 is 2.38 bits per heavy atom. The van der Waals surface area contributed by atoms with E-state index >= 15 is 0 Å². The molecule has 4 aromatic rings. The predicted octanol–water partition coefficient (Wildman–Crippen LogP) is 6.42. The van der Waals surface area contributed by atoms with E-state index in [2.05, 4.69) is 45.1 Å². The lowest BCUT2D eigenvalue weighted by atomic mass is 9.89. The van der Waals surface area contributed by atoms with Crippen LogP contribution in [0.25, 0.3) is 22.2 Å². The van der Waals surface area contributed by atoms with E-state index in [1.807, 2.05) is 42.5 Å². The molecule has 2 saturated carbocycles. The van der Waals surface area contributed by atoms with Crippen LogP contribution in [0.15, 0.2) is 67.1 Å². The van der Waals surface area contributed by atoms with Crippen LogP contribution in [0.4, 0.5) is 5.82 Å². The molecule has 1 saturated heterocycles. The molecule has 3 unspecified atom stereocenters. The number of nitrogens with two attached hydrogens (primary N) is 1. The van der Waals surface area contributed by atoms with Crippen molar-refractivity contribution in [2.24, 2.45) is 5.92 Å². The van der Waals surface area contributed by atoms with Crippen LogP contribution in [-0.2, 0) is 0 Å². The van der Waals surface area contributed by atoms with E-state index in [1.54, 1.807) is 6.33 Å². The lowest BCUT2D eigenvalue weighted by molar-refractivity contribution is 0.220. The van der Waals surface area contributed by atoms with Crippen molar-refractivity contribution < 1.29 is 4.74 Å². The number of hydrogen-bond donors (Lipinski definition) is 2. The third-order valence-electron chi connectivity index (χ3n) is 9.60. The summed E-state index contributed by atoms with van der Waals surface area (Å²) in [7, 11) is 2.32. The Balaban J connectivity index is 1.06. The van der Waals surface area contributed by atoms with Crippen LogP contribution in [0.2, 0.25) is 0 Å². The third kappa shape index (κ3) is 5.08. The Labute approximate surface area is 236 Å². The maximum atomic E-state index is 6.44. The van der Waals surface area contributed by atoms with Gasteiger partial charge in [-0.1, -0.05) is 30.3 Å². The van der Waals surface area contributed by atoms with E-state index < -0.39 is 0 Å². The minimum Gasteiger partial charge on any atom is -0.457 e. The summed E-state index contributed by atoms with van der Waals surface area (Å²) in [6, 6.07) is 20.6. The summed E-state index contributed by atoms with van der Waals surface area (Å²) in [5, 5.41) is 5.02. The van der Waals surface area contributed by atoms with E-state index in [0.29, 0.717) is 23.9 Å². The zero-order valence-corrected chi connectivity index (χ0v) is 23.4. The number of fused-ring (bicyclic) bond motifs is 3. The second-order valence-corrected chi connectivity index (χ2v) is 12.2. The number of rotatable bonds is 6. The molecule has 7 heteroatoms. The summed E-state index contributed by atoms with van der Waals surface area (Å²) >= 11 is 0. The van der Waals surface area contributed by atoms with Gasteiger partial charge < -0.3 is 25.3 Å². The fourth-order valence-corrected chi connectivity index (χ4v) is 7.50. The molecule has 40 heavy (non-hydrogen) atoms. The Hall–Kier alpha value is -3.42. The summed E-state index contributed by atoms with van der Waals surface area (Å²) in [6.45, 7) is 1.30. The number of ether oxygens (including phenoxy) is 1. The zero-order valence-electron chi connectivity index (χ0n) is 23.4. The maximum Gasteiger partial charge on any atom is 0.146 e. The highest BCUT2D eigenvalue weighted by Gasteiger charge is 2.35. The molecular weight excluding hydrogens is 496 g/mol. The molecule has 3 N–H and O–H groups in total. The molecule has 3 fully saturated rings. The first-order chi connectivity index (χ1) is 19.6. The molecule has 7 rings (SSSR count). The number of nitrogen functional groups attached to an aromatic ring is 1. The van der Waals surface area contributed by atoms with Crippen LogP contribution in [0, 0.1) is 5.92 Å². The monoisotopic (exact) mass is 536 g/mol. The van der Waals surface area contributed by atoms with Crippen molar-refractivity contribution in [2.45, 2.75) is 75.5 Å². The highest BCUT2D eigenvalue weighted by molar-refractivity contribution is 6.00. The number of hydrogen-bond acceptors (Lipinski definition) is 6. The highest BCUT2D eigenvalue weighted by atomic mass is 16.5. The lowest BCUT2D eigenvalue weighted by Gasteiger charge is -2.34. The molecule has 0 radical (unpaired) electrons. The van der Waals surface area contributed by atoms with Gasteiger partial charge in [0.25, 0.3) is 0 Å². The minimum atomic E-state index is 0.417. The number of aromatic nitrogens is 3. The molecule has 2 aromatic heterocycles. The van der Waals surface area contributed by atoms with Crippen molar-refractivity contribution in [3.63, 3.8) is 0 Å². The normalized spacial score (nSPS) is 27.1. The molecule has 1 aliphatic heterocycles. The van der Waals surface area contributed by atoms with Gasteiger partial charge in [-0.05, 0) is 94.2 Å². The fourth-order valence-electron chi connectivity index (χ4n) is 7.50. The summed E-state index contributed by atoms with van der Waals surface area (Å²) in [5.74, 6) is 3.08. The highest BCUT2D eigenvalue weighted by Crippen LogP contribution is 2.39. The van der Waals surface area contributed by atoms with Crippen LogP contribution < -0.4 is 15.8 Å². The van der Waals surface area contributed by atoms with Crippen molar-refractivity contribution in [1.82, 2.24) is 24.8 Å². The Bertz CT molecular complexity index is 1440. The van der Waals surface area contributed by atoms with Crippen molar-refractivity contribution in [3.8, 4) is 22.6 Å². The fraction of sp³-hybridized carbons (Fsp3) is 0.455. The quantitative estimate of drug-likeness (QED) is 0.296. The summed E-state index contributed by atoms with van der Waals surface area (Å²) in [6.07, 6.45) is 14.0. The van der Waals surface area contributed by atoms with E-state index in [1.165, 1.54) is 45.1 Å². The zero-order chi connectivity index (χ0) is 27.1. The number of anilines is 1. The van der Waals surface area contributed by atoms with Gasteiger partial charge in [0.2, 0.25) is 0 Å². The van der Waals surface area contributed by atoms with Crippen molar-refractivity contribution >= 4 is 16.9 Å². The SMILES string of the molecule is CN1CC2CCC(N[C@H]3CC[C@@H](n4cc(-c5ccc(Oc6ccccc6)cc5)c5c(N)ncnc54)CC3)CC1C2. The van der Waals surface area contributed by atoms with Crippen LogP contribution >= 0.6 is 0 Å². The van der Waals surface area contributed by atoms with E-state index in [-0.39, 0.29) is 0 Å². The first-order valence-corrected chi connectivity index (χ1v) is 15.0. The topological polar surface area (TPSA) is 81.2 Å². The molecule has 0 amide bonds. The Morgan fingerprint density at radius 1 is 0.825 bits per heavy atom.